The quantitative estimate of drug-likeness (QED) is 0.242. The van der Waals surface area contributed by atoms with Gasteiger partial charge in [0.1, 0.15) is 22.7 Å². The summed E-state index contributed by atoms with van der Waals surface area (Å²) in [7, 11) is 0. The molecule has 0 radical (unpaired) electrons. The number of ether oxygens (including phenoxy) is 1. The van der Waals surface area contributed by atoms with Crippen molar-refractivity contribution in [3.63, 3.8) is 0 Å². The van der Waals surface area contributed by atoms with Gasteiger partial charge in [-0.05, 0) is 43.0 Å². The van der Waals surface area contributed by atoms with E-state index in [2.05, 4.69) is 15.6 Å². The van der Waals surface area contributed by atoms with Gasteiger partial charge in [-0.2, -0.15) is 0 Å². The van der Waals surface area contributed by atoms with Crippen molar-refractivity contribution < 1.29 is 14.6 Å². The summed E-state index contributed by atoms with van der Waals surface area (Å²) in [5.41, 5.74) is -0.151. The summed E-state index contributed by atoms with van der Waals surface area (Å²) in [5.74, 6) is -0.661. The standard InChI is InChI=1S/C25H22ClN3O5/c1-13(2)34-23-20(21(30)22(23)31)28-18(25(32)33)11-14-7-9-16(10-8-14)27-24-17-6-4-3-5-15(17)12-19(26)29-24/h3-10,12-13,18,28H,11H2,1-2H3,(H,27,29)(H,32,33)/t18-/m0/s1. The molecule has 1 atom stereocenters. The SMILES string of the molecule is CC(C)Oc1c(N[C@@H](Cc2ccc(Nc3nc(Cl)cc4ccccc34)cc2)C(=O)O)c(=O)c1=O. The molecule has 0 fully saturated rings. The molecule has 0 unspecified atom stereocenters. The van der Waals surface area contributed by atoms with Crippen LogP contribution in [0.4, 0.5) is 17.2 Å². The number of fused-ring (bicyclic) bond motifs is 1. The zero-order valence-corrected chi connectivity index (χ0v) is 19.2. The molecule has 34 heavy (non-hydrogen) atoms. The van der Waals surface area contributed by atoms with Gasteiger partial charge in [-0.1, -0.05) is 48.0 Å². The van der Waals surface area contributed by atoms with Gasteiger partial charge in [-0.25, -0.2) is 9.78 Å². The number of carbonyl (C=O) groups is 1. The molecule has 0 amide bonds. The molecule has 0 saturated heterocycles. The highest BCUT2D eigenvalue weighted by molar-refractivity contribution is 6.30. The Hall–Kier alpha value is -3.91. The van der Waals surface area contributed by atoms with Crippen LogP contribution < -0.4 is 26.2 Å². The number of pyridine rings is 1. The van der Waals surface area contributed by atoms with Crippen LogP contribution >= 0.6 is 11.6 Å². The molecule has 3 N–H and O–H groups in total. The highest BCUT2D eigenvalue weighted by Gasteiger charge is 2.28. The Morgan fingerprint density at radius 2 is 1.79 bits per heavy atom. The van der Waals surface area contributed by atoms with E-state index in [-0.39, 0.29) is 24.0 Å². The lowest BCUT2D eigenvalue weighted by Gasteiger charge is -2.20. The van der Waals surface area contributed by atoms with Gasteiger partial charge in [0.15, 0.2) is 5.75 Å². The van der Waals surface area contributed by atoms with Crippen molar-refractivity contribution in [3.8, 4) is 5.75 Å². The molecular weight excluding hydrogens is 458 g/mol. The Morgan fingerprint density at radius 3 is 2.47 bits per heavy atom. The molecular formula is C25H22ClN3O5. The number of benzene rings is 2. The number of hydrogen-bond acceptors (Lipinski definition) is 7. The van der Waals surface area contributed by atoms with Crippen LogP contribution in [0.1, 0.15) is 19.4 Å². The highest BCUT2D eigenvalue weighted by Crippen LogP contribution is 2.27. The third-order valence-corrected chi connectivity index (χ3v) is 5.40. The molecule has 0 bridgehead atoms. The fourth-order valence-corrected chi connectivity index (χ4v) is 3.78. The Bertz CT molecular complexity index is 1430. The number of carboxylic acid groups (broad SMARTS) is 1. The number of halogens is 1. The Balaban J connectivity index is 1.50. The Labute approximate surface area is 199 Å². The van der Waals surface area contributed by atoms with Crippen LogP contribution in [-0.2, 0) is 11.2 Å². The van der Waals surface area contributed by atoms with Gasteiger partial charge in [0.25, 0.3) is 10.9 Å². The van der Waals surface area contributed by atoms with Crippen molar-refractivity contribution in [2.75, 3.05) is 10.6 Å². The summed E-state index contributed by atoms with van der Waals surface area (Å²) >= 11 is 6.15. The van der Waals surface area contributed by atoms with Gasteiger partial charge in [-0.3, -0.25) is 9.59 Å². The lowest BCUT2D eigenvalue weighted by atomic mass is 10.0. The predicted molar refractivity (Wildman–Crippen MR) is 132 cm³/mol. The maximum Gasteiger partial charge on any atom is 0.326 e. The second-order valence-corrected chi connectivity index (χ2v) is 8.49. The summed E-state index contributed by atoms with van der Waals surface area (Å²) in [5, 5.41) is 17.8. The van der Waals surface area contributed by atoms with Crippen molar-refractivity contribution in [3.05, 3.63) is 85.8 Å². The number of carboxylic acids is 1. The molecule has 4 rings (SSSR count). The van der Waals surface area contributed by atoms with Crippen LogP contribution in [0.25, 0.3) is 10.8 Å². The van der Waals surface area contributed by atoms with Gasteiger partial charge in [0.05, 0.1) is 6.10 Å². The van der Waals surface area contributed by atoms with E-state index in [0.29, 0.717) is 11.0 Å². The smallest absolute Gasteiger partial charge is 0.326 e. The number of nitrogens with zero attached hydrogens (tertiary/aromatic N) is 1. The van der Waals surface area contributed by atoms with E-state index < -0.39 is 22.9 Å². The van der Waals surface area contributed by atoms with Crippen LogP contribution in [0.3, 0.4) is 0 Å². The number of nitrogens with one attached hydrogen (secondary N) is 2. The van der Waals surface area contributed by atoms with Crippen LogP contribution in [0.15, 0.2) is 64.2 Å². The van der Waals surface area contributed by atoms with E-state index in [1.807, 2.05) is 24.3 Å². The molecule has 0 aliphatic rings. The molecule has 3 aromatic carbocycles. The minimum absolute atomic E-state index is 0.0912. The maximum absolute atomic E-state index is 11.9. The highest BCUT2D eigenvalue weighted by atomic mass is 35.5. The van der Waals surface area contributed by atoms with Crippen molar-refractivity contribution in [1.29, 1.82) is 0 Å². The molecule has 174 valence electrons. The fraction of sp³-hybridized carbons (Fsp3) is 0.200. The summed E-state index contributed by atoms with van der Waals surface area (Å²) < 4.78 is 5.35. The van der Waals surface area contributed by atoms with Crippen molar-refractivity contribution in [2.45, 2.75) is 32.4 Å². The van der Waals surface area contributed by atoms with Gasteiger partial charge < -0.3 is 20.5 Å². The Morgan fingerprint density at radius 1 is 1.09 bits per heavy atom. The van der Waals surface area contributed by atoms with Gasteiger partial charge in [0, 0.05) is 17.5 Å². The average molecular weight is 480 g/mol. The van der Waals surface area contributed by atoms with E-state index in [1.165, 1.54) is 0 Å². The van der Waals surface area contributed by atoms with E-state index >= 15 is 0 Å². The normalized spacial score (nSPS) is 12.1. The Kier molecular flexibility index (Phi) is 6.51. The number of aliphatic carboxylic acids is 1. The number of hydrogen-bond donors (Lipinski definition) is 3. The monoisotopic (exact) mass is 479 g/mol. The third-order valence-electron chi connectivity index (χ3n) is 5.20. The minimum atomic E-state index is -1.15. The van der Waals surface area contributed by atoms with Gasteiger partial charge >= 0.3 is 5.97 Å². The van der Waals surface area contributed by atoms with E-state index in [1.54, 1.807) is 44.2 Å². The molecule has 0 saturated carbocycles. The van der Waals surface area contributed by atoms with E-state index in [4.69, 9.17) is 16.3 Å². The predicted octanol–water partition coefficient (Wildman–Crippen LogP) is 4.12. The van der Waals surface area contributed by atoms with Crippen LogP contribution in [0, 0.1) is 0 Å². The van der Waals surface area contributed by atoms with Crippen LogP contribution in [0.5, 0.6) is 5.75 Å². The van der Waals surface area contributed by atoms with Crippen molar-refractivity contribution >= 4 is 45.5 Å². The zero-order chi connectivity index (χ0) is 24.4. The summed E-state index contributed by atoms with van der Waals surface area (Å²) in [4.78, 5) is 39.9. The average Bonchev–Trinajstić information content (AvgIpc) is 2.81. The van der Waals surface area contributed by atoms with Crippen LogP contribution in [-0.4, -0.2) is 28.2 Å². The van der Waals surface area contributed by atoms with E-state index in [9.17, 15) is 19.5 Å². The van der Waals surface area contributed by atoms with Crippen molar-refractivity contribution in [1.82, 2.24) is 4.98 Å². The topological polar surface area (TPSA) is 118 Å². The second-order valence-electron chi connectivity index (χ2n) is 8.10. The maximum atomic E-state index is 11.9. The summed E-state index contributed by atoms with van der Waals surface area (Å²) in [6, 6.07) is 15.6. The molecule has 4 aromatic rings. The first-order valence-corrected chi connectivity index (χ1v) is 11.0. The van der Waals surface area contributed by atoms with E-state index in [0.717, 1.165) is 22.0 Å². The first-order chi connectivity index (χ1) is 16.2. The lowest BCUT2D eigenvalue weighted by Crippen LogP contribution is -2.42. The fourth-order valence-electron chi connectivity index (χ4n) is 3.58. The largest absolute Gasteiger partial charge is 0.485 e. The number of rotatable bonds is 9. The summed E-state index contributed by atoms with van der Waals surface area (Å²) in [6.07, 6.45) is -0.230. The number of anilines is 3. The molecule has 0 aliphatic carbocycles. The molecule has 0 spiro atoms. The second kappa shape index (κ2) is 9.52. The summed E-state index contributed by atoms with van der Waals surface area (Å²) in [6.45, 7) is 3.43. The molecule has 1 heterocycles. The first-order valence-electron chi connectivity index (χ1n) is 10.6. The first kappa shape index (κ1) is 23.3. The third kappa shape index (κ3) is 4.87. The minimum Gasteiger partial charge on any atom is -0.485 e. The van der Waals surface area contributed by atoms with Gasteiger partial charge in [-0.15, -0.1) is 0 Å². The molecule has 8 nitrogen and oxygen atoms in total. The molecule has 1 aromatic heterocycles. The number of aromatic nitrogens is 1. The zero-order valence-electron chi connectivity index (χ0n) is 18.5. The lowest BCUT2D eigenvalue weighted by molar-refractivity contribution is -0.137. The van der Waals surface area contributed by atoms with Gasteiger partial charge in [0.2, 0.25) is 0 Å². The molecule has 0 aliphatic heterocycles. The van der Waals surface area contributed by atoms with Crippen molar-refractivity contribution in [2.24, 2.45) is 0 Å². The molecule has 9 heteroatoms. The van der Waals surface area contributed by atoms with Crippen LogP contribution in [0.2, 0.25) is 5.15 Å².